The van der Waals surface area contributed by atoms with Crippen LogP contribution in [0, 0.1) is 5.41 Å². The summed E-state index contributed by atoms with van der Waals surface area (Å²) in [6.07, 6.45) is 6.77. The Balaban J connectivity index is 1.52. The maximum Gasteiger partial charge on any atom is 0.273 e. The fourth-order valence-electron chi connectivity index (χ4n) is 3.58. The van der Waals surface area contributed by atoms with Crippen molar-refractivity contribution in [2.45, 2.75) is 19.3 Å². The molecule has 2 aliphatic rings. The Bertz CT molecular complexity index is 659. The van der Waals surface area contributed by atoms with Crippen LogP contribution in [-0.2, 0) is 0 Å². The fraction of sp³-hybridized carbons (Fsp3) is 0.500. The molecule has 2 saturated heterocycles. The van der Waals surface area contributed by atoms with Crippen molar-refractivity contribution >= 4 is 17.2 Å². The quantitative estimate of drug-likeness (QED) is 0.925. The van der Waals surface area contributed by atoms with Crippen LogP contribution in [0.3, 0.4) is 0 Å². The summed E-state index contributed by atoms with van der Waals surface area (Å²) in [5.74, 6) is 0.0666. The van der Waals surface area contributed by atoms with Gasteiger partial charge in [-0.3, -0.25) is 4.79 Å². The van der Waals surface area contributed by atoms with Crippen LogP contribution in [0.5, 0.6) is 0 Å². The second-order valence-electron chi connectivity index (χ2n) is 6.31. The molecular formula is C16H19N3O2S. The summed E-state index contributed by atoms with van der Waals surface area (Å²) < 4.78 is 5.08. The first kappa shape index (κ1) is 14.0. The number of likely N-dealkylation sites (tertiary alicyclic amines) is 1. The Morgan fingerprint density at radius 1 is 1.45 bits per heavy atom. The Morgan fingerprint density at radius 3 is 3.18 bits per heavy atom. The largest absolute Gasteiger partial charge is 0.472 e. The predicted molar refractivity (Wildman–Crippen MR) is 84.9 cm³/mol. The zero-order valence-electron chi connectivity index (χ0n) is 12.4. The topological polar surface area (TPSA) is 58.4 Å². The summed E-state index contributed by atoms with van der Waals surface area (Å²) >= 11 is 1.49. The van der Waals surface area contributed by atoms with Crippen LogP contribution in [0.1, 0.15) is 29.8 Å². The van der Waals surface area contributed by atoms with Gasteiger partial charge >= 0.3 is 0 Å². The SMILES string of the molecule is O=C(c1csc(-c2ccoc2)n1)N1CCCC2(CCNC2)C1. The molecule has 116 valence electrons. The first-order chi connectivity index (χ1) is 10.8. The highest BCUT2D eigenvalue weighted by Gasteiger charge is 2.39. The molecule has 0 aliphatic carbocycles. The number of nitrogens with one attached hydrogen (secondary N) is 1. The fourth-order valence-corrected chi connectivity index (χ4v) is 4.36. The molecule has 2 aromatic heterocycles. The normalized spacial score (nSPS) is 25.0. The number of carbonyl (C=O) groups excluding carboxylic acids is 1. The average molecular weight is 317 g/mol. The van der Waals surface area contributed by atoms with Crippen LogP contribution in [0.25, 0.3) is 10.6 Å². The van der Waals surface area contributed by atoms with Gasteiger partial charge in [-0.05, 0) is 31.9 Å². The number of aromatic nitrogens is 1. The van der Waals surface area contributed by atoms with Gasteiger partial charge in [0.2, 0.25) is 0 Å². The average Bonchev–Trinajstić information content (AvgIpc) is 3.28. The van der Waals surface area contributed by atoms with Crippen LogP contribution in [-0.4, -0.2) is 42.0 Å². The summed E-state index contributed by atoms with van der Waals surface area (Å²) in [7, 11) is 0. The summed E-state index contributed by atoms with van der Waals surface area (Å²) in [4.78, 5) is 19.2. The molecule has 2 aromatic rings. The summed E-state index contributed by atoms with van der Waals surface area (Å²) in [6, 6.07) is 1.87. The van der Waals surface area contributed by atoms with E-state index in [-0.39, 0.29) is 11.3 Å². The number of thiazole rings is 1. The highest BCUT2D eigenvalue weighted by Crippen LogP contribution is 2.36. The standard InChI is InChI=1S/C16H19N3O2S/c20-15(13-9-22-14(18-13)12-2-7-21-8-12)19-6-1-3-16(11-19)4-5-17-10-16/h2,7-9,17H,1,3-6,10-11H2. The van der Waals surface area contributed by atoms with Gasteiger partial charge < -0.3 is 14.6 Å². The molecule has 0 bridgehead atoms. The minimum atomic E-state index is 0.0666. The molecule has 6 heteroatoms. The van der Waals surface area contributed by atoms with Crippen molar-refractivity contribution < 1.29 is 9.21 Å². The Hall–Kier alpha value is -1.66. The lowest BCUT2D eigenvalue weighted by molar-refractivity contribution is 0.0549. The van der Waals surface area contributed by atoms with Gasteiger partial charge in [-0.25, -0.2) is 4.98 Å². The molecule has 2 aliphatic heterocycles. The number of nitrogens with zero attached hydrogens (tertiary/aromatic N) is 2. The number of rotatable bonds is 2. The molecule has 1 N–H and O–H groups in total. The molecule has 0 saturated carbocycles. The van der Waals surface area contributed by atoms with E-state index < -0.39 is 0 Å². The smallest absolute Gasteiger partial charge is 0.273 e. The van der Waals surface area contributed by atoms with Crippen molar-refractivity contribution in [3.8, 4) is 10.6 Å². The second-order valence-corrected chi connectivity index (χ2v) is 7.17. The molecule has 1 unspecified atom stereocenters. The summed E-state index contributed by atoms with van der Waals surface area (Å²) in [5.41, 5.74) is 1.78. The van der Waals surface area contributed by atoms with Crippen molar-refractivity contribution in [3.05, 3.63) is 29.7 Å². The molecule has 1 atom stereocenters. The van der Waals surface area contributed by atoms with Gasteiger partial charge in [0.25, 0.3) is 5.91 Å². The van der Waals surface area contributed by atoms with Crippen LogP contribution >= 0.6 is 11.3 Å². The van der Waals surface area contributed by atoms with E-state index in [0.717, 1.165) is 43.2 Å². The Morgan fingerprint density at radius 2 is 2.41 bits per heavy atom. The van der Waals surface area contributed by atoms with Gasteiger partial charge in [-0.2, -0.15) is 0 Å². The maximum absolute atomic E-state index is 12.7. The zero-order chi connectivity index (χ0) is 15.0. The predicted octanol–water partition coefficient (Wildman–Crippen LogP) is 2.62. The first-order valence-corrected chi connectivity index (χ1v) is 8.62. The Labute approximate surface area is 133 Å². The highest BCUT2D eigenvalue weighted by molar-refractivity contribution is 7.13. The number of piperidine rings is 1. The van der Waals surface area contributed by atoms with Gasteiger partial charge in [-0.15, -0.1) is 11.3 Å². The van der Waals surface area contributed by atoms with Crippen molar-refractivity contribution in [1.82, 2.24) is 15.2 Å². The van der Waals surface area contributed by atoms with Gasteiger partial charge in [0.15, 0.2) is 0 Å². The van der Waals surface area contributed by atoms with Crippen molar-refractivity contribution in [1.29, 1.82) is 0 Å². The minimum Gasteiger partial charge on any atom is -0.472 e. The minimum absolute atomic E-state index is 0.0666. The first-order valence-electron chi connectivity index (χ1n) is 7.74. The number of hydrogen-bond acceptors (Lipinski definition) is 5. The van der Waals surface area contributed by atoms with Crippen molar-refractivity contribution in [2.75, 3.05) is 26.2 Å². The molecule has 0 radical (unpaired) electrons. The van der Waals surface area contributed by atoms with E-state index in [0.29, 0.717) is 5.69 Å². The van der Waals surface area contributed by atoms with Gasteiger partial charge in [0, 0.05) is 36.0 Å². The molecule has 22 heavy (non-hydrogen) atoms. The number of amides is 1. The van der Waals surface area contributed by atoms with Crippen LogP contribution in [0.2, 0.25) is 0 Å². The molecule has 4 heterocycles. The lowest BCUT2D eigenvalue weighted by Gasteiger charge is -2.39. The van der Waals surface area contributed by atoms with E-state index >= 15 is 0 Å². The molecule has 1 amide bonds. The molecular weight excluding hydrogens is 298 g/mol. The lowest BCUT2D eigenvalue weighted by atomic mass is 9.79. The third kappa shape index (κ3) is 2.46. The van der Waals surface area contributed by atoms with Crippen molar-refractivity contribution in [2.24, 2.45) is 5.41 Å². The highest BCUT2D eigenvalue weighted by atomic mass is 32.1. The monoisotopic (exact) mass is 317 g/mol. The van der Waals surface area contributed by atoms with E-state index in [2.05, 4.69) is 10.3 Å². The summed E-state index contributed by atoms with van der Waals surface area (Å²) in [6.45, 7) is 3.81. The number of hydrogen-bond donors (Lipinski definition) is 1. The Kier molecular flexibility index (Phi) is 3.50. The molecule has 4 rings (SSSR count). The van der Waals surface area contributed by atoms with Crippen molar-refractivity contribution in [3.63, 3.8) is 0 Å². The number of carbonyl (C=O) groups is 1. The maximum atomic E-state index is 12.7. The molecule has 2 fully saturated rings. The zero-order valence-corrected chi connectivity index (χ0v) is 13.2. The van der Waals surface area contributed by atoms with Gasteiger partial charge in [-0.1, -0.05) is 0 Å². The van der Waals surface area contributed by atoms with Crippen LogP contribution in [0.4, 0.5) is 0 Å². The van der Waals surface area contributed by atoms with Crippen LogP contribution in [0.15, 0.2) is 28.4 Å². The van der Waals surface area contributed by atoms with Gasteiger partial charge in [0.05, 0.1) is 6.26 Å². The lowest BCUT2D eigenvalue weighted by Crippen LogP contribution is -2.47. The van der Waals surface area contributed by atoms with E-state index in [1.54, 1.807) is 12.5 Å². The molecule has 1 spiro atoms. The third-order valence-corrected chi connectivity index (χ3v) is 5.66. The van der Waals surface area contributed by atoms with Gasteiger partial charge in [0.1, 0.15) is 17.0 Å². The summed E-state index contributed by atoms with van der Waals surface area (Å²) in [5, 5.41) is 6.14. The van der Waals surface area contributed by atoms with E-state index in [4.69, 9.17) is 4.42 Å². The number of furan rings is 1. The van der Waals surface area contributed by atoms with Crippen LogP contribution < -0.4 is 5.32 Å². The second kappa shape index (κ2) is 5.52. The molecule has 5 nitrogen and oxygen atoms in total. The van der Waals surface area contributed by atoms with E-state index in [1.807, 2.05) is 16.3 Å². The third-order valence-electron chi connectivity index (χ3n) is 4.77. The molecule has 0 aromatic carbocycles. The van der Waals surface area contributed by atoms with E-state index in [1.165, 1.54) is 24.2 Å². The van der Waals surface area contributed by atoms with E-state index in [9.17, 15) is 4.79 Å².